The predicted octanol–water partition coefficient (Wildman–Crippen LogP) is 3.12. The number of H-pyrrole nitrogens is 1. The number of thiophene rings is 1. The van der Waals surface area contributed by atoms with Crippen LogP contribution in [0.1, 0.15) is 15.2 Å². The first-order valence-electron chi connectivity index (χ1n) is 10.1. The molecule has 2 heterocycles. The fourth-order valence-electron chi connectivity index (χ4n) is 3.43. The average Bonchev–Trinajstić information content (AvgIpc) is 3.50. The van der Waals surface area contributed by atoms with E-state index in [2.05, 4.69) is 20.3 Å². The zero-order chi connectivity index (χ0) is 23.4. The van der Waals surface area contributed by atoms with E-state index < -0.39 is 22.0 Å². The van der Waals surface area contributed by atoms with Crippen LogP contribution in [0.2, 0.25) is 0 Å². The fraction of sp³-hybridized carbons (Fsp3) is 0.130. The van der Waals surface area contributed by atoms with Gasteiger partial charge in [0, 0.05) is 29.2 Å². The van der Waals surface area contributed by atoms with Crippen molar-refractivity contribution in [3.8, 4) is 0 Å². The molecule has 0 bridgehead atoms. The second-order valence-electron chi connectivity index (χ2n) is 7.29. The Labute approximate surface area is 195 Å². The number of rotatable bonds is 8. The van der Waals surface area contributed by atoms with Crippen LogP contribution in [0.25, 0.3) is 10.9 Å². The molecule has 33 heavy (non-hydrogen) atoms. The van der Waals surface area contributed by atoms with Crippen LogP contribution in [0.5, 0.6) is 0 Å². The monoisotopic (exact) mass is 482 g/mol. The van der Waals surface area contributed by atoms with Crippen molar-refractivity contribution in [2.24, 2.45) is 0 Å². The van der Waals surface area contributed by atoms with Gasteiger partial charge in [-0.05, 0) is 54.4 Å². The molecule has 2 aromatic carbocycles. The highest BCUT2D eigenvalue weighted by atomic mass is 32.2. The number of hydrogen-bond acceptors (Lipinski definition) is 5. The highest BCUT2D eigenvalue weighted by Crippen LogP contribution is 2.20. The zero-order valence-electron chi connectivity index (χ0n) is 17.7. The lowest BCUT2D eigenvalue weighted by Gasteiger charge is -2.18. The Morgan fingerprint density at radius 2 is 1.79 bits per heavy atom. The lowest BCUT2D eigenvalue weighted by molar-refractivity contribution is -0.118. The minimum Gasteiger partial charge on any atom is -0.361 e. The molecule has 2 aromatic heterocycles. The van der Waals surface area contributed by atoms with Gasteiger partial charge in [0.25, 0.3) is 5.91 Å². The van der Waals surface area contributed by atoms with Gasteiger partial charge in [0.1, 0.15) is 6.04 Å². The maximum Gasteiger partial charge on any atom is 0.262 e. The quantitative estimate of drug-likeness (QED) is 0.308. The summed E-state index contributed by atoms with van der Waals surface area (Å²) in [5.41, 5.74) is 2.26. The molecule has 170 valence electrons. The summed E-state index contributed by atoms with van der Waals surface area (Å²) in [6, 6.07) is 16.2. The number of fused-ring (bicyclic) bond motifs is 1. The highest BCUT2D eigenvalue weighted by molar-refractivity contribution is 7.89. The number of para-hydroxylation sites is 1. The summed E-state index contributed by atoms with van der Waals surface area (Å²) in [5, 5.41) is 8.37. The van der Waals surface area contributed by atoms with E-state index in [1.54, 1.807) is 17.5 Å². The number of sulfonamides is 1. The van der Waals surface area contributed by atoms with Crippen LogP contribution in [0, 0.1) is 0 Å². The van der Waals surface area contributed by atoms with Crippen LogP contribution in [-0.2, 0) is 21.2 Å². The number of aromatic nitrogens is 1. The molecule has 0 fully saturated rings. The van der Waals surface area contributed by atoms with Crippen LogP contribution >= 0.6 is 11.3 Å². The summed E-state index contributed by atoms with van der Waals surface area (Å²) >= 11 is 1.29. The summed E-state index contributed by atoms with van der Waals surface area (Å²) in [6.07, 6.45) is 2.11. The van der Waals surface area contributed by atoms with Crippen molar-refractivity contribution in [1.29, 1.82) is 0 Å². The van der Waals surface area contributed by atoms with Crippen LogP contribution in [0.4, 0.5) is 5.69 Å². The average molecular weight is 483 g/mol. The van der Waals surface area contributed by atoms with Crippen molar-refractivity contribution in [1.82, 2.24) is 15.0 Å². The minimum absolute atomic E-state index is 0.0874. The summed E-state index contributed by atoms with van der Waals surface area (Å²) in [7, 11) is -2.25. The number of nitrogens with one attached hydrogen (secondary N) is 4. The zero-order valence-corrected chi connectivity index (χ0v) is 19.3. The summed E-state index contributed by atoms with van der Waals surface area (Å²) in [5.74, 6) is -0.741. The van der Waals surface area contributed by atoms with Crippen molar-refractivity contribution in [3.05, 3.63) is 82.7 Å². The van der Waals surface area contributed by atoms with E-state index >= 15 is 0 Å². The van der Waals surface area contributed by atoms with E-state index in [4.69, 9.17) is 0 Å². The minimum atomic E-state index is -3.58. The lowest BCUT2D eigenvalue weighted by atomic mass is 10.0. The molecule has 0 saturated carbocycles. The molecule has 0 aliphatic carbocycles. The molecule has 0 aliphatic heterocycles. The molecular formula is C23H22N4O4S2. The van der Waals surface area contributed by atoms with Crippen molar-refractivity contribution in [2.45, 2.75) is 17.4 Å². The van der Waals surface area contributed by atoms with E-state index in [0.29, 0.717) is 10.6 Å². The van der Waals surface area contributed by atoms with E-state index in [0.717, 1.165) is 16.5 Å². The topological polar surface area (TPSA) is 120 Å². The Balaban J connectivity index is 1.56. The summed E-state index contributed by atoms with van der Waals surface area (Å²) in [6.45, 7) is 0. The molecule has 0 saturated heterocycles. The number of amides is 2. The molecule has 0 radical (unpaired) electrons. The first-order chi connectivity index (χ1) is 15.9. The van der Waals surface area contributed by atoms with Gasteiger partial charge >= 0.3 is 0 Å². The van der Waals surface area contributed by atoms with Crippen molar-refractivity contribution in [2.75, 3.05) is 12.4 Å². The molecule has 2 amide bonds. The maximum absolute atomic E-state index is 13.2. The SMILES string of the molecule is CNS(=O)(=O)c1ccc(NC(=O)[C@H](Cc2c[nH]c3ccccc23)NC(=O)c2cccs2)cc1. The third-order valence-corrected chi connectivity index (χ3v) is 7.47. The maximum atomic E-state index is 13.2. The second kappa shape index (κ2) is 9.57. The summed E-state index contributed by atoms with van der Waals surface area (Å²) < 4.78 is 26.1. The normalized spacial score (nSPS) is 12.4. The van der Waals surface area contributed by atoms with Crippen LogP contribution in [-0.4, -0.2) is 38.3 Å². The molecule has 8 nitrogen and oxygen atoms in total. The van der Waals surface area contributed by atoms with Crippen molar-refractivity contribution >= 4 is 49.8 Å². The fourth-order valence-corrected chi connectivity index (χ4v) is 4.79. The Bertz CT molecular complexity index is 1380. The van der Waals surface area contributed by atoms with Crippen LogP contribution in [0.3, 0.4) is 0 Å². The number of carbonyl (C=O) groups is 2. The van der Waals surface area contributed by atoms with Crippen LogP contribution in [0.15, 0.2) is 77.1 Å². The van der Waals surface area contributed by atoms with Crippen LogP contribution < -0.4 is 15.4 Å². The molecule has 4 rings (SSSR count). The van der Waals surface area contributed by atoms with Crippen molar-refractivity contribution < 1.29 is 18.0 Å². The van der Waals surface area contributed by atoms with E-state index in [-0.39, 0.29) is 17.2 Å². The Kier molecular flexibility index (Phi) is 6.59. The molecule has 4 N–H and O–H groups in total. The molecule has 0 unspecified atom stereocenters. The first-order valence-corrected chi connectivity index (χ1v) is 12.5. The van der Waals surface area contributed by atoms with Gasteiger partial charge in [-0.15, -0.1) is 11.3 Å². The van der Waals surface area contributed by atoms with Gasteiger partial charge in [0.2, 0.25) is 15.9 Å². The van der Waals surface area contributed by atoms with Crippen molar-refractivity contribution in [3.63, 3.8) is 0 Å². The van der Waals surface area contributed by atoms with Gasteiger partial charge in [-0.1, -0.05) is 24.3 Å². The lowest BCUT2D eigenvalue weighted by Crippen LogP contribution is -2.45. The molecule has 4 aromatic rings. The van der Waals surface area contributed by atoms with Gasteiger partial charge < -0.3 is 15.6 Å². The van der Waals surface area contributed by atoms with Gasteiger partial charge in [0.15, 0.2) is 0 Å². The van der Waals surface area contributed by atoms with Gasteiger partial charge in [-0.2, -0.15) is 0 Å². The van der Waals surface area contributed by atoms with Gasteiger partial charge in [-0.3, -0.25) is 9.59 Å². The highest BCUT2D eigenvalue weighted by Gasteiger charge is 2.24. The Hall–Kier alpha value is -3.47. The molecule has 0 spiro atoms. The predicted molar refractivity (Wildman–Crippen MR) is 129 cm³/mol. The van der Waals surface area contributed by atoms with Gasteiger partial charge in [-0.25, -0.2) is 13.1 Å². The van der Waals surface area contributed by atoms with E-state index in [9.17, 15) is 18.0 Å². The molecule has 1 atom stereocenters. The molecule has 0 aliphatic rings. The standard InChI is InChI=1S/C23H22N4O4S2/c1-24-33(30,31)17-10-8-16(9-11-17)26-22(28)20(27-23(29)21-7-4-12-32-21)13-15-14-25-19-6-3-2-5-18(15)19/h2-12,14,20,24-25H,13H2,1H3,(H,26,28)(H,27,29)/t20-/m0/s1. The van der Waals surface area contributed by atoms with E-state index in [1.807, 2.05) is 30.5 Å². The Morgan fingerprint density at radius 1 is 1.03 bits per heavy atom. The molecular weight excluding hydrogens is 460 g/mol. The largest absolute Gasteiger partial charge is 0.361 e. The third-order valence-electron chi connectivity index (χ3n) is 5.17. The number of benzene rings is 2. The second-order valence-corrected chi connectivity index (χ2v) is 10.1. The molecule has 10 heteroatoms. The Morgan fingerprint density at radius 3 is 2.48 bits per heavy atom. The number of aromatic amines is 1. The van der Waals surface area contributed by atoms with Gasteiger partial charge in [0.05, 0.1) is 9.77 Å². The number of hydrogen-bond donors (Lipinski definition) is 4. The van der Waals surface area contributed by atoms with E-state index in [1.165, 1.54) is 42.6 Å². The first kappa shape index (κ1) is 22.7. The third kappa shape index (κ3) is 5.14. The number of carbonyl (C=O) groups excluding carboxylic acids is 2. The number of anilines is 1. The smallest absolute Gasteiger partial charge is 0.262 e. The summed E-state index contributed by atoms with van der Waals surface area (Å²) in [4.78, 5) is 29.6.